The fourth-order valence-electron chi connectivity index (χ4n) is 2.63. The van der Waals surface area contributed by atoms with Gasteiger partial charge in [0.2, 0.25) is 15.9 Å². The average Bonchev–Trinajstić information content (AvgIpc) is 2.58. The van der Waals surface area contributed by atoms with Crippen molar-refractivity contribution in [1.29, 1.82) is 0 Å². The van der Waals surface area contributed by atoms with Gasteiger partial charge in [-0.05, 0) is 38.1 Å². The lowest BCUT2D eigenvalue weighted by Gasteiger charge is -2.29. The number of nitro benzene ring substituents is 1. The number of halogens is 2. The van der Waals surface area contributed by atoms with E-state index in [9.17, 15) is 23.3 Å². The van der Waals surface area contributed by atoms with Gasteiger partial charge in [0.25, 0.3) is 5.69 Å². The van der Waals surface area contributed by atoms with Crippen molar-refractivity contribution in [2.75, 3.05) is 15.9 Å². The topological polar surface area (TPSA) is 110 Å². The molecule has 2 aromatic carbocycles. The highest BCUT2D eigenvalue weighted by atomic mass is 35.5. The van der Waals surface area contributed by atoms with Gasteiger partial charge >= 0.3 is 0 Å². The molecule has 11 heteroatoms. The Morgan fingerprint density at radius 2 is 1.89 bits per heavy atom. The lowest BCUT2D eigenvalue weighted by Crippen LogP contribution is -2.45. The van der Waals surface area contributed by atoms with E-state index in [-0.39, 0.29) is 32.7 Å². The maximum atomic E-state index is 12.7. The summed E-state index contributed by atoms with van der Waals surface area (Å²) in [5.74, 6) is -0.690. The second-order valence-electron chi connectivity index (χ2n) is 6.03. The molecule has 150 valence electrons. The summed E-state index contributed by atoms with van der Waals surface area (Å²) in [4.78, 5) is 23.2. The number of nitrogens with zero attached hydrogens (tertiary/aromatic N) is 2. The van der Waals surface area contributed by atoms with Gasteiger partial charge in [-0.15, -0.1) is 0 Å². The molecule has 0 aliphatic heterocycles. The van der Waals surface area contributed by atoms with Crippen LogP contribution in [0.15, 0.2) is 36.4 Å². The van der Waals surface area contributed by atoms with Crippen LogP contribution in [-0.4, -0.2) is 31.5 Å². The van der Waals surface area contributed by atoms with Gasteiger partial charge in [-0.3, -0.25) is 19.2 Å². The maximum Gasteiger partial charge on any atom is 0.274 e. The first-order valence-corrected chi connectivity index (χ1v) is 10.5. The minimum absolute atomic E-state index is 0.0510. The Morgan fingerprint density at radius 1 is 1.25 bits per heavy atom. The van der Waals surface area contributed by atoms with Crippen LogP contribution in [0.25, 0.3) is 0 Å². The highest BCUT2D eigenvalue weighted by Crippen LogP contribution is 2.33. The van der Waals surface area contributed by atoms with E-state index < -0.39 is 26.9 Å². The van der Waals surface area contributed by atoms with Gasteiger partial charge in [-0.2, -0.15) is 0 Å². The summed E-state index contributed by atoms with van der Waals surface area (Å²) in [6.07, 6.45) is 0.937. The maximum absolute atomic E-state index is 12.7. The smallest absolute Gasteiger partial charge is 0.274 e. The van der Waals surface area contributed by atoms with Crippen LogP contribution in [0.1, 0.15) is 12.5 Å². The first-order chi connectivity index (χ1) is 12.9. The number of nitro groups is 1. The fraction of sp³-hybridized carbons (Fsp3) is 0.235. The molecule has 0 saturated heterocycles. The summed E-state index contributed by atoms with van der Waals surface area (Å²) in [5, 5.41) is 13.9. The Kier molecular flexibility index (Phi) is 6.53. The molecule has 0 heterocycles. The largest absolute Gasteiger partial charge is 0.324 e. The Labute approximate surface area is 172 Å². The molecular formula is C17H17Cl2N3O5S. The van der Waals surface area contributed by atoms with Crippen molar-refractivity contribution >= 4 is 56.2 Å². The Hall–Kier alpha value is -2.36. The van der Waals surface area contributed by atoms with Crippen LogP contribution < -0.4 is 9.62 Å². The standard InChI is InChI=1S/C17H17Cl2N3O5S/c1-10-14(5-4-6-15(10)22(24)25)20-17(23)11(2)21(28(3,26)27)16-9-12(18)7-8-13(16)19/h4-9,11H,1-3H3,(H,20,23)/t11-/m0/s1. The number of carbonyl (C=O) groups excluding carboxylic acids is 1. The third kappa shape index (κ3) is 4.73. The summed E-state index contributed by atoms with van der Waals surface area (Å²) in [6.45, 7) is 2.86. The van der Waals surface area contributed by atoms with Crippen molar-refractivity contribution in [1.82, 2.24) is 0 Å². The van der Waals surface area contributed by atoms with Crippen molar-refractivity contribution in [3.8, 4) is 0 Å². The van der Waals surface area contributed by atoms with Gasteiger partial charge < -0.3 is 5.32 Å². The van der Waals surface area contributed by atoms with Crippen LogP contribution in [0.5, 0.6) is 0 Å². The van der Waals surface area contributed by atoms with E-state index >= 15 is 0 Å². The average molecular weight is 446 g/mol. The second-order valence-corrected chi connectivity index (χ2v) is 8.73. The number of hydrogen-bond donors (Lipinski definition) is 1. The van der Waals surface area contributed by atoms with E-state index in [1.165, 1.54) is 50.2 Å². The number of hydrogen-bond acceptors (Lipinski definition) is 5. The van der Waals surface area contributed by atoms with Crippen molar-refractivity contribution in [3.63, 3.8) is 0 Å². The zero-order chi connectivity index (χ0) is 21.2. The zero-order valence-electron chi connectivity index (χ0n) is 15.1. The first kappa shape index (κ1) is 21.9. The quantitative estimate of drug-likeness (QED) is 0.533. The molecule has 0 aliphatic carbocycles. The molecule has 2 aromatic rings. The Bertz CT molecular complexity index is 1040. The van der Waals surface area contributed by atoms with Gasteiger partial charge in [-0.1, -0.05) is 29.3 Å². The highest BCUT2D eigenvalue weighted by molar-refractivity contribution is 7.92. The molecule has 1 atom stereocenters. The predicted octanol–water partition coefficient (Wildman–Crippen LogP) is 4.00. The van der Waals surface area contributed by atoms with E-state index in [1.807, 2.05) is 0 Å². The summed E-state index contributed by atoms with van der Waals surface area (Å²) in [5.41, 5.74) is 0.342. The molecule has 0 radical (unpaired) electrons. The number of anilines is 2. The number of rotatable bonds is 6. The number of benzene rings is 2. The minimum Gasteiger partial charge on any atom is -0.324 e. The molecule has 0 aliphatic rings. The van der Waals surface area contributed by atoms with E-state index in [0.29, 0.717) is 0 Å². The van der Waals surface area contributed by atoms with E-state index in [0.717, 1.165) is 10.6 Å². The van der Waals surface area contributed by atoms with Crippen LogP contribution in [-0.2, 0) is 14.8 Å². The van der Waals surface area contributed by atoms with Crippen LogP contribution in [0.4, 0.5) is 17.1 Å². The molecular weight excluding hydrogens is 429 g/mol. The summed E-state index contributed by atoms with van der Waals surface area (Å²) in [6, 6.07) is 7.27. The summed E-state index contributed by atoms with van der Waals surface area (Å²) in [7, 11) is -3.90. The van der Waals surface area contributed by atoms with Gasteiger partial charge in [0.15, 0.2) is 0 Å². The van der Waals surface area contributed by atoms with Crippen molar-refractivity contribution in [2.45, 2.75) is 19.9 Å². The number of amides is 1. The highest BCUT2D eigenvalue weighted by Gasteiger charge is 2.31. The van der Waals surface area contributed by atoms with E-state index in [2.05, 4.69) is 5.32 Å². The Morgan fingerprint density at radius 3 is 2.46 bits per heavy atom. The van der Waals surface area contributed by atoms with Gasteiger partial charge in [0, 0.05) is 11.1 Å². The summed E-state index contributed by atoms with van der Waals surface area (Å²) < 4.78 is 25.6. The molecule has 0 bridgehead atoms. The monoisotopic (exact) mass is 445 g/mol. The van der Waals surface area contributed by atoms with Crippen molar-refractivity contribution in [2.24, 2.45) is 0 Å². The molecule has 0 spiro atoms. The predicted molar refractivity (Wildman–Crippen MR) is 110 cm³/mol. The molecule has 28 heavy (non-hydrogen) atoms. The molecule has 2 rings (SSSR count). The van der Waals surface area contributed by atoms with Crippen LogP contribution in [0.3, 0.4) is 0 Å². The second kappa shape index (κ2) is 8.34. The van der Waals surface area contributed by atoms with Gasteiger partial charge in [0.1, 0.15) is 6.04 Å². The van der Waals surface area contributed by atoms with E-state index in [1.54, 1.807) is 0 Å². The van der Waals surface area contributed by atoms with Crippen molar-refractivity contribution in [3.05, 3.63) is 62.1 Å². The van der Waals surface area contributed by atoms with Crippen LogP contribution in [0, 0.1) is 17.0 Å². The lowest BCUT2D eigenvalue weighted by molar-refractivity contribution is -0.385. The molecule has 1 amide bonds. The third-order valence-corrected chi connectivity index (χ3v) is 5.78. The number of carbonyl (C=O) groups is 1. The van der Waals surface area contributed by atoms with Crippen LogP contribution >= 0.6 is 23.2 Å². The summed E-state index contributed by atoms with van der Waals surface area (Å²) >= 11 is 12.1. The molecule has 0 aromatic heterocycles. The normalized spacial score (nSPS) is 12.3. The molecule has 0 unspecified atom stereocenters. The SMILES string of the molecule is Cc1c(NC(=O)[C@H](C)N(c2cc(Cl)ccc2Cl)S(C)(=O)=O)cccc1[N+](=O)[O-]. The minimum atomic E-state index is -3.90. The number of nitrogens with one attached hydrogen (secondary N) is 1. The van der Waals surface area contributed by atoms with Gasteiger partial charge in [-0.25, -0.2) is 8.42 Å². The fourth-order valence-corrected chi connectivity index (χ4v) is 4.23. The van der Waals surface area contributed by atoms with Crippen LogP contribution in [0.2, 0.25) is 10.0 Å². The molecule has 1 N–H and O–H groups in total. The van der Waals surface area contributed by atoms with Crippen molar-refractivity contribution < 1.29 is 18.1 Å². The molecule has 0 saturated carbocycles. The Balaban J connectivity index is 2.42. The van der Waals surface area contributed by atoms with E-state index in [4.69, 9.17) is 23.2 Å². The first-order valence-electron chi connectivity index (χ1n) is 7.92. The third-order valence-electron chi connectivity index (χ3n) is 3.99. The van der Waals surface area contributed by atoms with Gasteiger partial charge in [0.05, 0.1) is 33.1 Å². The zero-order valence-corrected chi connectivity index (χ0v) is 17.5. The lowest BCUT2D eigenvalue weighted by atomic mass is 10.1. The molecule has 8 nitrogen and oxygen atoms in total. The molecule has 0 fully saturated rings. The number of sulfonamides is 1.